The van der Waals surface area contributed by atoms with Crippen LogP contribution in [0.5, 0.6) is 0 Å². The van der Waals surface area contributed by atoms with E-state index in [1.807, 2.05) is 19.1 Å². The molecule has 1 aliphatic heterocycles. The molecule has 0 amide bonds. The van der Waals surface area contributed by atoms with Crippen LogP contribution < -0.4 is 4.90 Å². The van der Waals surface area contributed by atoms with E-state index in [0.29, 0.717) is 6.04 Å². The number of rotatable bonds is 2. The average molecular weight is 240 g/mol. The Balaban J connectivity index is 1.92. The summed E-state index contributed by atoms with van der Waals surface area (Å²) < 4.78 is 0. The van der Waals surface area contributed by atoms with Crippen LogP contribution in [0.1, 0.15) is 30.3 Å². The highest BCUT2D eigenvalue weighted by atomic mass is 15.3. The molecular weight excluding hydrogens is 224 g/mol. The summed E-state index contributed by atoms with van der Waals surface area (Å²) in [6.45, 7) is 3.03. The molecule has 3 heterocycles. The molecule has 2 aromatic heterocycles. The summed E-state index contributed by atoms with van der Waals surface area (Å²) in [6, 6.07) is 8.35. The van der Waals surface area contributed by atoms with Gasteiger partial charge in [-0.3, -0.25) is 4.98 Å². The van der Waals surface area contributed by atoms with Gasteiger partial charge < -0.3 is 4.90 Å². The van der Waals surface area contributed by atoms with Gasteiger partial charge in [0.1, 0.15) is 0 Å². The monoisotopic (exact) mass is 240 g/mol. The molecule has 0 N–H and O–H groups in total. The van der Waals surface area contributed by atoms with Gasteiger partial charge in [-0.2, -0.15) is 0 Å². The highest BCUT2D eigenvalue weighted by Gasteiger charge is 2.28. The van der Waals surface area contributed by atoms with E-state index >= 15 is 0 Å². The largest absolute Gasteiger partial charge is 0.332 e. The lowest BCUT2D eigenvalue weighted by Crippen LogP contribution is -2.25. The summed E-state index contributed by atoms with van der Waals surface area (Å²) in [5.74, 6) is 0.809. The molecule has 18 heavy (non-hydrogen) atoms. The normalized spacial score (nSPS) is 19.2. The summed E-state index contributed by atoms with van der Waals surface area (Å²) >= 11 is 0. The highest BCUT2D eigenvalue weighted by Crippen LogP contribution is 2.33. The van der Waals surface area contributed by atoms with Crippen molar-refractivity contribution in [1.82, 2.24) is 15.0 Å². The molecule has 3 rings (SSSR count). The lowest BCUT2D eigenvalue weighted by molar-refractivity contribution is 0.677. The van der Waals surface area contributed by atoms with Crippen LogP contribution in [0.15, 0.2) is 36.7 Å². The van der Waals surface area contributed by atoms with E-state index in [-0.39, 0.29) is 0 Å². The first-order valence-electron chi connectivity index (χ1n) is 6.32. The first kappa shape index (κ1) is 11.1. The van der Waals surface area contributed by atoms with Gasteiger partial charge >= 0.3 is 0 Å². The summed E-state index contributed by atoms with van der Waals surface area (Å²) in [5, 5.41) is 0. The molecule has 1 aliphatic rings. The third-order valence-corrected chi connectivity index (χ3v) is 3.31. The smallest absolute Gasteiger partial charge is 0.225 e. The van der Waals surface area contributed by atoms with Crippen molar-refractivity contribution < 1.29 is 0 Å². The van der Waals surface area contributed by atoms with Crippen LogP contribution in [0.25, 0.3) is 0 Å². The Morgan fingerprint density at radius 3 is 2.78 bits per heavy atom. The van der Waals surface area contributed by atoms with Crippen LogP contribution in [0.2, 0.25) is 0 Å². The van der Waals surface area contributed by atoms with Gasteiger partial charge in [-0.05, 0) is 38.0 Å². The third-order valence-electron chi connectivity index (χ3n) is 3.31. The molecule has 1 fully saturated rings. The second-order valence-corrected chi connectivity index (χ2v) is 4.60. The Hall–Kier alpha value is -1.97. The van der Waals surface area contributed by atoms with Gasteiger partial charge in [-0.1, -0.05) is 6.07 Å². The van der Waals surface area contributed by atoms with Gasteiger partial charge in [-0.15, -0.1) is 0 Å². The summed E-state index contributed by atoms with van der Waals surface area (Å²) in [6.07, 6.45) is 5.87. The zero-order chi connectivity index (χ0) is 12.4. The molecule has 0 radical (unpaired) electrons. The SMILES string of the molecule is Cc1cccc(C2CCCN2c2ncccn2)n1. The molecule has 1 saturated heterocycles. The summed E-state index contributed by atoms with van der Waals surface area (Å²) in [7, 11) is 0. The van der Waals surface area contributed by atoms with E-state index in [1.165, 1.54) is 6.42 Å². The fourth-order valence-electron chi connectivity index (χ4n) is 2.50. The quantitative estimate of drug-likeness (QED) is 0.809. The van der Waals surface area contributed by atoms with Crippen molar-refractivity contribution in [2.24, 2.45) is 0 Å². The van der Waals surface area contributed by atoms with E-state index in [4.69, 9.17) is 0 Å². The van der Waals surface area contributed by atoms with Gasteiger partial charge in [-0.25, -0.2) is 9.97 Å². The van der Waals surface area contributed by atoms with Gasteiger partial charge in [0.05, 0.1) is 11.7 Å². The second kappa shape index (κ2) is 4.72. The highest BCUT2D eigenvalue weighted by molar-refractivity contribution is 5.36. The molecule has 4 nitrogen and oxygen atoms in total. The molecule has 1 atom stereocenters. The predicted molar refractivity (Wildman–Crippen MR) is 70.3 cm³/mol. The van der Waals surface area contributed by atoms with Crippen molar-refractivity contribution in [3.05, 3.63) is 48.0 Å². The molecule has 0 saturated carbocycles. The van der Waals surface area contributed by atoms with Crippen molar-refractivity contribution in [3.63, 3.8) is 0 Å². The number of hydrogen-bond donors (Lipinski definition) is 0. The maximum absolute atomic E-state index is 4.63. The van der Waals surface area contributed by atoms with Crippen LogP contribution in [-0.2, 0) is 0 Å². The molecule has 0 spiro atoms. The Morgan fingerprint density at radius 2 is 2.00 bits per heavy atom. The molecule has 0 aliphatic carbocycles. The average Bonchev–Trinajstić information content (AvgIpc) is 2.89. The first-order valence-corrected chi connectivity index (χ1v) is 6.32. The van der Waals surface area contributed by atoms with Gasteiger partial charge in [0.2, 0.25) is 5.95 Å². The van der Waals surface area contributed by atoms with Crippen molar-refractivity contribution >= 4 is 5.95 Å². The van der Waals surface area contributed by atoms with Crippen molar-refractivity contribution in [2.45, 2.75) is 25.8 Å². The fraction of sp³-hybridized carbons (Fsp3) is 0.357. The zero-order valence-electron chi connectivity index (χ0n) is 10.5. The molecule has 0 aromatic carbocycles. The van der Waals surface area contributed by atoms with E-state index < -0.39 is 0 Å². The molecule has 1 unspecified atom stereocenters. The van der Waals surface area contributed by atoms with Crippen LogP contribution in [0, 0.1) is 6.92 Å². The van der Waals surface area contributed by atoms with Gasteiger partial charge in [0.15, 0.2) is 0 Å². The second-order valence-electron chi connectivity index (χ2n) is 4.60. The Bertz CT molecular complexity index is 526. The lowest BCUT2D eigenvalue weighted by Gasteiger charge is -2.24. The summed E-state index contributed by atoms with van der Waals surface area (Å²) in [4.78, 5) is 15.6. The first-order chi connectivity index (χ1) is 8.84. The number of aryl methyl sites for hydroxylation is 1. The predicted octanol–water partition coefficient (Wildman–Crippen LogP) is 2.52. The Kier molecular flexibility index (Phi) is 2.92. The topological polar surface area (TPSA) is 41.9 Å². The maximum Gasteiger partial charge on any atom is 0.225 e. The molecular formula is C14H16N4. The van der Waals surface area contributed by atoms with E-state index in [0.717, 1.165) is 30.3 Å². The fourth-order valence-corrected chi connectivity index (χ4v) is 2.50. The van der Waals surface area contributed by atoms with Gasteiger partial charge in [0.25, 0.3) is 0 Å². The standard InChI is InChI=1S/C14H16N4/c1-11-5-2-6-12(17-11)13-7-3-10-18(13)14-15-8-4-9-16-14/h2,4-6,8-9,13H,3,7,10H2,1H3. The van der Waals surface area contributed by atoms with Gasteiger partial charge in [0, 0.05) is 24.6 Å². The van der Waals surface area contributed by atoms with E-state index in [9.17, 15) is 0 Å². The third kappa shape index (κ3) is 2.06. The zero-order valence-corrected chi connectivity index (χ0v) is 10.5. The lowest BCUT2D eigenvalue weighted by atomic mass is 10.1. The number of nitrogens with zero attached hydrogens (tertiary/aromatic N) is 4. The minimum atomic E-state index is 0.312. The molecule has 92 valence electrons. The number of hydrogen-bond acceptors (Lipinski definition) is 4. The molecule has 2 aromatic rings. The van der Waals surface area contributed by atoms with E-state index in [1.54, 1.807) is 12.4 Å². The van der Waals surface area contributed by atoms with Crippen LogP contribution >= 0.6 is 0 Å². The van der Waals surface area contributed by atoms with Crippen LogP contribution in [0.4, 0.5) is 5.95 Å². The van der Waals surface area contributed by atoms with E-state index in [2.05, 4.69) is 32.0 Å². The Labute approximate surface area is 107 Å². The van der Waals surface area contributed by atoms with Crippen molar-refractivity contribution in [1.29, 1.82) is 0 Å². The minimum absolute atomic E-state index is 0.312. The maximum atomic E-state index is 4.63. The van der Waals surface area contributed by atoms with Crippen molar-refractivity contribution in [3.8, 4) is 0 Å². The molecule has 0 bridgehead atoms. The van der Waals surface area contributed by atoms with Crippen LogP contribution in [0.3, 0.4) is 0 Å². The minimum Gasteiger partial charge on any atom is -0.332 e. The number of anilines is 1. The molecule has 4 heteroatoms. The Morgan fingerprint density at radius 1 is 1.17 bits per heavy atom. The summed E-state index contributed by atoms with van der Waals surface area (Å²) in [5.41, 5.74) is 2.19. The van der Waals surface area contributed by atoms with Crippen LogP contribution in [-0.4, -0.2) is 21.5 Å². The number of aromatic nitrogens is 3. The number of pyridine rings is 1. The van der Waals surface area contributed by atoms with Crippen molar-refractivity contribution in [2.75, 3.05) is 11.4 Å².